The molecule has 0 aliphatic heterocycles. The lowest BCUT2D eigenvalue weighted by atomic mass is 10.2. The first-order valence-corrected chi connectivity index (χ1v) is 8.29. The predicted molar refractivity (Wildman–Crippen MR) is 97.6 cm³/mol. The van der Waals surface area contributed by atoms with Crippen LogP contribution in [-0.4, -0.2) is 53.2 Å². The van der Waals surface area contributed by atoms with E-state index in [2.05, 4.69) is 9.97 Å². The van der Waals surface area contributed by atoms with Gasteiger partial charge < -0.3 is 19.2 Å². The van der Waals surface area contributed by atoms with Crippen LogP contribution in [0.2, 0.25) is 5.02 Å². The van der Waals surface area contributed by atoms with Crippen molar-refractivity contribution in [3.05, 3.63) is 40.7 Å². The maximum absolute atomic E-state index is 12.3. The minimum absolute atomic E-state index is 0.114. The summed E-state index contributed by atoms with van der Waals surface area (Å²) in [6.45, 7) is 1.96. The quantitative estimate of drug-likeness (QED) is 0.737. The van der Waals surface area contributed by atoms with Gasteiger partial charge in [-0.05, 0) is 18.6 Å². The molecule has 7 nitrogen and oxygen atoms in total. The molecule has 3 heterocycles. The Bertz CT molecular complexity index is 970. The Labute approximate surface area is 155 Å². The molecule has 0 spiro atoms. The number of aromatic nitrogens is 2. The maximum atomic E-state index is 12.3. The molecule has 0 fully saturated rings. The zero-order chi connectivity index (χ0) is 18.8. The molecule has 136 valence electrons. The van der Waals surface area contributed by atoms with Crippen LogP contribution in [0.4, 0.5) is 0 Å². The number of aryl methyl sites for hydroxylation is 1. The third-order valence-electron chi connectivity index (χ3n) is 3.99. The molecule has 0 aliphatic carbocycles. The summed E-state index contributed by atoms with van der Waals surface area (Å²) in [7, 11) is 3.10. The molecule has 0 unspecified atom stereocenters. The SMILES string of the molecule is COc1cc(C(=O)N(C)CCO)cnc1-c1cc2ncc(C)c(Cl)c2o1. The van der Waals surface area contributed by atoms with Crippen LogP contribution in [0.5, 0.6) is 5.75 Å². The summed E-state index contributed by atoms with van der Waals surface area (Å²) >= 11 is 6.28. The number of rotatable bonds is 5. The summed E-state index contributed by atoms with van der Waals surface area (Å²) in [5.74, 6) is 0.570. The van der Waals surface area contributed by atoms with E-state index in [0.717, 1.165) is 5.56 Å². The minimum atomic E-state index is -0.263. The smallest absolute Gasteiger partial charge is 0.255 e. The van der Waals surface area contributed by atoms with Crippen molar-refractivity contribution in [2.45, 2.75) is 6.92 Å². The summed E-state index contributed by atoms with van der Waals surface area (Å²) in [5, 5.41) is 9.47. The van der Waals surface area contributed by atoms with Crippen LogP contribution in [0.1, 0.15) is 15.9 Å². The van der Waals surface area contributed by atoms with E-state index in [1.54, 1.807) is 25.4 Å². The molecule has 3 aromatic rings. The Morgan fingerprint density at radius 3 is 2.81 bits per heavy atom. The molecule has 1 amide bonds. The van der Waals surface area contributed by atoms with E-state index in [9.17, 15) is 4.79 Å². The average molecular weight is 376 g/mol. The second-order valence-electron chi connectivity index (χ2n) is 5.81. The molecular formula is C18H18ClN3O4. The number of carbonyl (C=O) groups is 1. The van der Waals surface area contributed by atoms with E-state index in [1.807, 2.05) is 6.92 Å². The molecule has 26 heavy (non-hydrogen) atoms. The fraction of sp³-hybridized carbons (Fsp3) is 0.278. The third kappa shape index (κ3) is 3.23. The van der Waals surface area contributed by atoms with Crippen LogP contribution in [0, 0.1) is 6.92 Å². The zero-order valence-electron chi connectivity index (χ0n) is 14.6. The number of ether oxygens (including phenoxy) is 1. The first kappa shape index (κ1) is 18.2. The van der Waals surface area contributed by atoms with Gasteiger partial charge in [-0.15, -0.1) is 0 Å². The summed E-state index contributed by atoms with van der Waals surface area (Å²) in [5.41, 5.74) is 2.70. The van der Waals surface area contributed by atoms with Gasteiger partial charge in [0.15, 0.2) is 11.3 Å². The number of methoxy groups -OCH3 is 1. The van der Waals surface area contributed by atoms with E-state index in [0.29, 0.717) is 38.9 Å². The second kappa shape index (κ2) is 7.31. The van der Waals surface area contributed by atoms with E-state index in [4.69, 9.17) is 25.9 Å². The molecule has 8 heteroatoms. The maximum Gasteiger partial charge on any atom is 0.255 e. The largest absolute Gasteiger partial charge is 0.494 e. The number of hydrogen-bond donors (Lipinski definition) is 1. The van der Waals surface area contributed by atoms with E-state index >= 15 is 0 Å². The number of amides is 1. The Morgan fingerprint density at radius 1 is 1.35 bits per heavy atom. The zero-order valence-corrected chi connectivity index (χ0v) is 15.4. The van der Waals surface area contributed by atoms with E-state index in [-0.39, 0.29) is 19.1 Å². The highest BCUT2D eigenvalue weighted by atomic mass is 35.5. The van der Waals surface area contributed by atoms with Crippen molar-refractivity contribution < 1.29 is 19.1 Å². The number of likely N-dealkylation sites (N-methyl/N-ethyl adjacent to an activating group) is 1. The lowest BCUT2D eigenvalue weighted by Gasteiger charge is -2.16. The number of carbonyl (C=O) groups excluding carboxylic acids is 1. The Morgan fingerprint density at radius 2 is 2.12 bits per heavy atom. The highest BCUT2D eigenvalue weighted by Gasteiger charge is 2.19. The van der Waals surface area contributed by atoms with Gasteiger partial charge in [-0.1, -0.05) is 11.6 Å². The first-order valence-electron chi connectivity index (χ1n) is 7.91. The molecule has 0 aliphatic rings. The number of fused-ring (bicyclic) bond motifs is 1. The number of aliphatic hydroxyl groups is 1. The number of halogens is 1. The monoisotopic (exact) mass is 375 g/mol. The number of furan rings is 1. The van der Waals surface area contributed by atoms with Crippen molar-refractivity contribution in [1.82, 2.24) is 14.9 Å². The van der Waals surface area contributed by atoms with Crippen molar-refractivity contribution in [3.8, 4) is 17.2 Å². The van der Waals surface area contributed by atoms with Gasteiger partial charge in [0, 0.05) is 32.1 Å². The lowest BCUT2D eigenvalue weighted by molar-refractivity contribution is 0.0766. The van der Waals surface area contributed by atoms with E-state index < -0.39 is 0 Å². The van der Waals surface area contributed by atoms with Crippen molar-refractivity contribution in [3.63, 3.8) is 0 Å². The topological polar surface area (TPSA) is 88.7 Å². The van der Waals surface area contributed by atoms with Crippen LogP contribution >= 0.6 is 11.6 Å². The number of pyridine rings is 2. The number of nitrogens with zero attached hydrogens (tertiary/aromatic N) is 3. The molecule has 0 radical (unpaired) electrons. The van der Waals surface area contributed by atoms with Crippen molar-refractivity contribution in [2.24, 2.45) is 0 Å². The van der Waals surface area contributed by atoms with Crippen molar-refractivity contribution in [2.75, 3.05) is 27.3 Å². The van der Waals surface area contributed by atoms with Gasteiger partial charge in [-0.25, -0.2) is 4.98 Å². The molecular weight excluding hydrogens is 358 g/mol. The lowest BCUT2D eigenvalue weighted by Crippen LogP contribution is -2.29. The summed E-state index contributed by atoms with van der Waals surface area (Å²) in [6, 6.07) is 3.32. The molecule has 3 aromatic heterocycles. The van der Waals surface area contributed by atoms with Crippen LogP contribution in [0.3, 0.4) is 0 Å². The van der Waals surface area contributed by atoms with Crippen LogP contribution < -0.4 is 4.74 Å². The predicted octanol–water partition coefficient (Wildman–Crippen LogP) is 2.92. The van der Waals surface area contributed by atoms with Gasteiger partial charge in [0.2, 0.25) is 0 Å². The summed E-state index contributed by atoms with van der Waals surface area (Å²) in [6.07, 6.45) is 3.12. The summed E-state index contributed by atoms with van der Waals surface area (Å²) < 4.78 is 11.2. The van der Waals surface area contributed by atoms with E-state index in [1.165, 1.54) is 18.2 Å². The molecule has 0 saturated heterocycles. The molecule has 0 saturated carbocycles. The highest BCUT2D eigenvalue weighted by Crippen LogP contribution is 2.35. The van der Waals surface area contributed by atoms with Crippen molar-refractivity contribution in [1.29, 1.82) is 0 Å². The van der Waals surface area contributed by atoms with Crippen LogP contribution in [0.15, 0.2) is 28.9 Å². The molecule has 3 rings (SSSR count). The van der Waals surface area contributed by atoms with Crippen LogP contribution in [-0.2, 0) is 0 Å². The Kier molecular flexibility index (Phi) is 5.11. The summed E-state index contributed by atoms with van der Waals surface area (Å²) in [4.78, 5) is 22.4. The highest BCUT2D eigenvalue weighted by molar-refractivity contribution is 6.35. The van der Waals surface area contributed by atoms with Gasteiger partial charge >= 0.3 is 0 Å². The third-order valence-corrected chi connectivity index (χ3v) is 4.46. The Hall–Kier alpha value is -2.64. The molecule has 0 aromatic carbocycles. The fourth-order valence-corrected chi connectivity index (χ4v) is 2.71. The normalized spacial score (nSPS) is 11.0. The van der Waals surface area contributed by atoms with Gasteiger partial charge in [-0.3, -0.25) is 9.78 Å². The molecule has 1 N–H and O–H groups in total. The molecule has 0 atom stereocenters. The van der Waals surface area contributed by atoms with Gasteiger partial charge in [0.1, 0.15) is 17.0 Å². The fourth-order valence-electron chi connectivity index (χ4n) is 2.53. The van der Waals surface area contributed by atoms with Crippen LogP contribution in [0.25, 0.3) is 22.6 Å². The molecule has 0 bridgehead atoms. The van der Waals surface area contributed by atoms with Gasteiger partial charge in [-0.2, -0.15) is 0 Å². The first-order chi connectivity index (χ1) is 12.5. The van der Waals surface area contributed by atoms with Gasteiger partial charge in [0.05, 0.1) is 24.3 Å². The van der Waals surface area contributed by atoms with Crippen molar-refractivity contribution >= 4 is 28.6 Å². The Balaban J connectivity index is 2.03. The minimum Gasteiger partial charge on any atom is -0.494 e. The average Bonchev–Trinajstić information content (AvgIpc) is 3.08. The van der Waals surface area contributed by atoms with Gasteiger partial charge in [0.25, 0.3) is 5.91 Å². The number of hydrogen-bond acceptors (Lipinski definition) is 6. The standard InChI is InChI=1S/C18H18ClN3O4/c1-10-8-20-12-7-14(26-17(12)15(10)19)16-13(25-3)6-11(9-21-16)18(24)22(2)4-5-23/h6-9,23H,4-5H2,1-3H3. The number of aliphatic hydroxyl groups excluding tert-OH is 1. The second-order valence-corrected chi connectivity index (χ2v) is 6.18.